The molecule has 1 fully saturated rings. The van der Waals surface area contributed by atoms with E-state index < -0.39 is 29.7 Å². The van der Waals surface area contributed by atoms with Gasteiger partial charge in [0.2, 0.25) is 17.7 Å². The van der Waals surface area contributed by atoms with Gasteiger partial charge in [-0.1, -0.05) is 6.92 Å². The third-order valence-corrected chi connectivity index (χ3v) is 5.48. The summed E-state index contributed by atoms with van der Waals surface area (Å²) in [6.07, 6.45) is 2.49. The van der Waals surface area contributed by atoms with Crippen molar-refractivity contribution in [2.45, 2.75) is 26.0 Å². The van der Waals surface area contributed by atoms with Crippen LogP contribution in [-0.2, 0) is 11.3 Å². The van der Waals surface area contributed by atoms with Crippen molar-refractivity contribution in [3.63, 3.8) is 0 Å². The standard InChI is InChI=1S/C20H23F2N7O3/c1-3-13-18(30)26-15-14(21)11(8-25-20(15)32-13)10-28-4-6-29(7-5-28)12-9-24-17(19(31)23-2)27-16(12)22/h8-9,13H,3-7,10H2,1-2H3,(H,23,31)(H,26,30)/t13-/m0/s1. The summed E-state index contributed by atoms with van der Waals surface area (Å²) in [5.74, 6) is -2.43. The largest absolute Gasteiger partial charge is 0.463 e. The minimum Gasteiger partial charge on any atom is -0.463 e. The van der Waals surface area contributed by atoms with E-state index in [0.717, 1.165) is 0 Å². The van der Waals surface area contributed by atoms with Crippen LogP contribution >= 0.6 is 0 Å². The molecule has 4 heterocycles. The minimum atomic E-state index is -0.766. The van der Waals surface area contributed by atoms with Gasteiger partial charge in [0.1, 0.15) is 11.4 Å². The lowest BCUT2D eigenvalue weighted by molar-refractivity contribution is -0.123. The number of halogens is 2. The highest BCUT2D eigenvalue weighted by atomic mass is 19.1. The van der Waals surface area contributed by atoms with Crippen molar-refractivity contribution in [1.29, 1.82) is 0 Å². The number of amides is 2. The maximum absolute atomic E-state index is 15.0. The van der Waals surface area contributed by atoms with E-state index in [0.29, 0.717) is 38.2 Å². The molecule has 0 radical (unpaired) electrons. The average Bonchev–Trinajstić information content (AvgIpc) is 2.81. The molecule has 170 valence electrons. The van der Waals surface area contributed by atoms with Crippen molar-refractivity contribution < 1.29 is 23.1 Å². The Kier molecular flexibility index (Phi) is 6.12. The number of ether oxygens (including phenoxy) is 1. The molecule has 2 aromatic rings. The predicted molar refractivity (Wildman–Crippen MR) is 110 cm³/mol. The van der Waals surface area contributed by atoms with Gasteiger partial charge in [0.15, 0.2) is 11.9 Å². The number of pyridine rings is 1. The first-order chi connectivity index (χ1) is 15.4. The molecule has 12 heteroatoms. The average molecular weight is 447 g/mol. The Hall–Kier alpha value is -3.41. The van der Waals surface area contributed by atoms with Crippen LogP contribution in [0.25, 0.3) is 0 Å². The molecule has 2 N–H and O–H groups in total. The number of carbonyl (C=O) groups is 2. The molecular weight excluding hydrogens is 424 g/mol. The van der Waals surface area contributed by atoms with Gasteiger partial charge in [-0.15, -0.1) is 0 Å². The Balaban J connectivity index is 1.40. The van der Waals surface area contributed by atoms with Gasteiger partial charge in [0, 0.05) is 51.5 Å². The second-order valence-corrected chi connectivity index (χ2v) is 7.49. The summed E-state index contributed by atoms with van der Waals surface area (Å²) >= 11 is 0. The Morgan fingerprint density at radius 3 is 2.66 bits per heavy atom. The third-order valence-electron chi connectivity index (χ3n) is 5.48. The summed E-state index contributed by atoms with van der Waals surface area (Å²) in [5, 5.41) is 4.90. The highest BCUT2D eigenvalue weighted by molar-refractivity contribution is 5.97. The van der Waals surface area contributed by atoms with Crippen LogP contribution in [0.4, 0.5) is 20.2 Å². The number of hydrogen-bond donors (Lipinski definition) is 2. The first-order valence-corrected chi connectivity index (χ1v) is 10.3. The Bertz CT molecular complexity index is 1040. The number of fused-ring (bicyclic) bond motifs is 1. The molecule has 0 spiro atoms. The highest BCUT2D eigenvalue weighted by Crippen LogP contribution is 2.32. The first kappa shape index (κ1) is 21.8. The maximum atomic E-state index is 15.0. The highest BCUT2D eigenvalue weighted by Gasteiger charge is 2.31. The number of carbonyl (C=O) groups excluding carboxylic acids is 2. The third kappa shape index (κ3) is 4.17. The van der Waals surface area contributed by atoms with E-state index in [2.05, 4.69) is 25.6 Å². The zero-order valence-corrected chi connectivity index (χ0v) is 17.7. The van der Waals surface area contributed by atoms with Gasteiger partial charge >= 0.3 is 0 Å². The van der Waals surface area contributed by atoms with Gasteiger partial charge in [0.05, 0.1) is 6.20 Å². The Labute approximate surface area is 183 Å². The first-order valence-electron chi connectivity index (χ1n) is 10.3. The number of nitrogens with one attached hydrogen (secondary N) is 2. The number of rotatable bonds is 5. The molecule has 0 bridgehead atoms. The van der Waals surface area contributed by atoms with Crippen molar-refractivity contribution >= 4 is 23.2 Å². The molecular formula is C20H23F2N7O3. The van der Waals surface area contributed by atoms with Gasteiger partial charge in [-0.3, -0.25) is 14.5 Å². The van der Waals surface area contributed by atoms with E-state index in [1.807, 2.05) is 4.90 Å². The molecule has 10 nitrogen and oxygen atoms in total. The van der Waals surface area contributed by atoms with E-state index in [4.69, 9.17) is 4.74 Å². The van der Waals surface area contributed by atoms with E-state index in [-0.39, 0.29) is 29.6 Å². The lowest BCUT2D eigenvalue weighted by Gasteiger charge is -2.36. The van der Waals surface area contributed by atoms with Crippen LogP contribution in [0.5, 0.6) is 5.88 Å². The van der Waals surface area contributed by atoms with Crippen LogP contribution < -0.4 is 20.3 Å². The second kappa shape index (κ2) is 8.99. The molecule has 0 saturated carbocycles. The molecule has 2 aliphatic heterocycles. The SMILES string of the molecule is CC[C@@H]1Oc2ncc(CN3CCN(c4cnc(C(=O)NC)nc4F)CC3)c(F)c2NC1=O. The van der Waals surface area contributed by atoms with Crippen LogP contribution in [0.1, 0.15) is 29.5 Å². The number of piperazine rings is 1. The molecule has 2 aromatic heterocycles. The van der Waals surface area contributed by atoms with E-state index in [9.17, 15) is 18.4 Å². The lowest BCUT2D eigenvalue weighted by atomic mass is 10.1. The summed E-state index contributed by atoms with van der Waals surface area (Å²) in [7, 11) is 1.42. The number of nitrogens with zero attached hydrogens (tertiary/aromatic N) is 5. The van der Waals surface area contributed by atoms with Gasteiger partial charge in [-0.05, 0) is 6.42 Å². The molecule has 1 saturated heterocycles. The summed E-state index contributed by atoms with van der Waals surface area (Å²) in [5.41, 5.74) is 0.510. The molecule has 32 heavy (non-hydrogen) atoms. The van der Waals surface area contributed by atoms with Crippen molar-refractivity contribution in [3.8, 4) is 5.88 Å². The van der Waals surface area contributed by atoms with E-state index >= 15 is 0 Å². The van der Waals surface area contributed by atoms with Crippen LogP contribution in [0.3, 0.4) is 0 Å². The minimum absolute atomic E-state index is 0.0359. The zero-order valence-electron chi connectivity index (χ0n) is 17.7. The smallest absolute Gasteiger partial charge is 0.288 e. The second-order valence-electron chi connectivity index (χ2n) is 7.49. The predicted octanol–water partition coefficient (Wildman–Crippen LogP) is 0.941. The Morgan fingerprint density at radius 2 is 2.00 bits per heavy atom. The fourth-order valence-electron chi connectivity index (χ4n) is 3.66. The monoisotopic (exact) mass is 447 g/mol. The van der Waals surface area contributed by atoms with Crippen molar-refractivity contribution in [2.24, 2.45) is 0 Å². The molecule has 0 aliphatic carbocycles. The fraction of sp³-hybridized carbons (Fsp3) is 0.450. The van der Waals surface area contributed by atoms with Crippen molar-refractivity contribution in [2.75, 3.05) is 43.4 Å². The number of hydrogen-bond acceptors (Lipinski definition) is 8. The van der Waals surface area contributed by atoms with E-state index in [1.54, 1.807) is 11.8 Å². The van der Waals surface area contributed by atoms with Crippen LogP contribution in [0.2, 0.25) is 0 Å². The molecule has 4 rings (SSSR count). The molecule has 1 atom stereocenters. The quantitative estimate of drug-likeness (QED) is 0.652. The Morgan fingerprint density at radius 1 is 1.25 bits per heavy atom. The van der Waals surface area contributed by atoms with Gasteiger partial charge in [-0.25, -0.2) is 14.4 Å². The molecule has 0 unspecified atom stereocenters. The van der Waals surface area contributed by atoms with Crippen LogP contribution in [0.15, 0.2) is 12.4 Å². The zero-order chi connectivity index (χ0) is 22.8. The van der Waals surface area contributed by atoms with Crippen LogP contribution in [0, 0.1) is 11.8 Å². The maximum Gasteiger partial charge on any atom is 0.288 e. The number of anilines is 2. The summed E-state index contributed by atoms with van der Waals surface area (Å²) < 4.78 is 34.8. The normalized spacial score (nSPS) is 18.6. The van der Waals surface area contributed by atoms with Crippen LogP contribution in [-0.4, -0.2) is 71.0 Å². The topological polar surface area (TPSA) is 113 Å². The molecule has 2 amide bonds. The van der Waals surface area contributed by atoms with Gasteiger partial charge < -0.3 is 20.3 Å². The molecule has 2 aliphatic rings. The summed E-state index contributed by atoms with van der Waals surface area (Å²) in [6, 6.07) is 0. The number of aromatic nitrogens is 3. The van der Waals surface area contributed by atoms with Crippen molar-refractivity contribution in [3.05, 3.63) is 35.5 Å². The van der Waals surface area contributed by atoms with Gasteiger partial charge in [-0.2, -0.15) is 9.37 Å². The van der Waals surface area contributed by atoms with Gasteiger partial charge in [0.25, 0.3) is 11.8 Å². The summed E-state index contributed by atoms with van der Waals surface area (Å²) in [4.78, 5) is 39.0. The fourth-order valence-corrected chi connectivity index (χ4v) is 3.66. The van der Waals surface area contributed by atoms with Crippen molar-refractivity contribution in [1.82, 2.24) is 25.2 Å². The molecule has 0 aromatic carbocycles. The summed E-state index contributed by atoms with van der Waals surface area (Å²) in [6.45, 7) is 4.09. The van der Waals surface area contributed by atoms with E-state index in [1.165, 1.54) is 19.4 Å². The lowest BCUT2D eigenvalue weighted by Crippen LogP contribution is -2.46.